The number of rotatable bonds is 7. The fourth-order valence-electron chi connectivity index (χ4n) is 3.71. The van der Waals surface area contributed by atoms with Crippen molar-refractivity contribution >= 4 is 38.1 Å². The number of halogens is 1. The quantitative estimate of drug-likeness (QED) is 0.516. The Hall–Kier alpha value is -2.13. The molecule has 0 unspecified atom stereocenters. The van der Waals surface area contributed by atoms with E-state index >= 15 is 0 Å². The second-order valence-electron chi connectivity index (χ2n) is 7.60. The van der Waals surface area contributed by atoms with Crippen molar-refractivity contribution in [2.45, 2.75) is 43.4 Å². The summed E-state index contributed by atoms with van der Waals surface area (Å²) in [6, 6.07) is 15.4. The first kappa shape index (κ1) is 22.1. The van der Waals surface area contributed by atoms with E-state index in [4.69, 9.17) is 16.3 Å². The van der Waals surface area contributed by atoms with E-state index in [2.05, 4.69) is 45.8 Å². The van der Waals surface area contributed by atoms with Gasteiger partial charge in [-0.25, -0.2) is 13.4 Å². The predicted molar refractivity (Wildman–Crippen MR) is 124 cm³/mol. The van der Waals surface area contributed by atoms with Crippen LogP contribution in [-0.2, 0) is 16.6 Å². The lowest BCUT2D eigenvalue weighted by Gasteiger charge is -2.37. The van der Waals surface area contributed by atoms with Gasteiger partial charge in [-0.2, -0.15) is 0 Å². The smallest absolute Gasteiger partial charge is 0.263 e. The molecule has 31 heavy (non-hydrogen) atoms. The van der Waals surface area contributed by atoms with Gasteiger partial charge in [0.1, 0.15) is 11.9 Å². The zero-order valence-corrected chi connectivity index (χ0v) is 19.5. The van der Waals surface area contributed by atoms with Crippen LogP contribution in [-0.4, -0.2) is 37.0 Å². The van der Waals surface area contributed by atoms with E-state index in [9.17, 15) is 8.42 Å². The molecule has 2 atom stereocenters. The van der Waals surface area contributed by atoms with Crippen molar-refractivity contribution in [2.75, 3.05) is 11.3 Å². The first-order valence-corrected chi connectivity index (χ1v) is 12.8. The van der Waals surface area contributed by atoms with E-state index < -0.39 is 10.0 Å². The Labute approximate surface area is 191 Å². The Balaban J connectivity index is 1.37. The van der Waals surface area contributed by atoms with Gasteiger partial charge in [-0.05, 0) is 43.5 Å². The molecule has 2 heterocycles. The Kier molecular flexibility index (Phi) is 6.81. The van der Waals surface area contributed by atoms with Crippen LogP contribution in [0, 0.1) is 0 Å². The summed E-state index contributed by atoms with van der Waals surface area (Å²) in [4.78, 5) is 6.48. The van der Waals surface area contributed by atoms with Crippen molar-refractivity contribution in [1.82, 2.24) is 9.88 Å². The molecule has 1 aromatic heterocycles. The van der Waals surface area contributed by atoms with Gasteiger partial charge in [0.05, 0.1) is 9.92 Å². The maximum atomic E-state index is 12.5. The number of benzene rings is 2. The standard InChI is InChI=1S/C22H24ClN3O3S2/c1-16-13-18(9-11-26(16)15-17-5-3-2-4-6-17)29-21-8-7-19(14-20(21)23)31(27,28)25-22-24-10-12-30-22/h2-8,10,12,14,16,18H,9,11,13,15H2,1H3,(H,24,25)/t16-,18-/m1/s1. The van der Waals surface area contributed by atoms with Gasteiger partial charge in [0.2, 0.25) is 0 Å². The molecule has 9 heteroatoms. The third-order valence-electron chi connectivity index (χ3n) is 5.36. The third-order valence-corrected chi connectivity index (χ3v) is 7.81. The summed E-state index contributed by atoms with van der Waals surface area (Å²) in [6.45, 7) is 4.07. The van der Waals surface area contributed by atoms with Crippen LogP contribution < -0.4 is 9.46 Å². The van der Waals surface area contributed by atoms with Crippen LogP contribution in [0.1, 0.15) is 25.3 Å². The van der Waals surface area contributed by atoms with Crippen LogP contribution in [0.4, 0.5) is 5.13 Å². The molecule has 1 aliphatic heterocycles. The molecule has 1 fully saturated rings. The first-order chi connectivity index (χ1) is 14.9. The van der Waals surface area contributed by atoms with Crippen molar-refractivity contribution < 1.29 is 13.2 Å². The van der Waals surface area contributed by atoms with Crippen LogP contribution in [0.3, 0.4) is 0 Å². The van der Waals surface area contributed by atoms with Crippen LogP contribution in [0.5, 0.6) is 5.75 Å². The average Bonchev–Trinajstić information content (AvgIpc) is 3.24. The summed E-state index contributed by atoms with van der Waals surface area (Å²) in [5.74, 6) is 0.503. The molecule has 1 aliphatic rings. The minimum atomic E-state index is -3.75. The van der Waals surface area contributed by atoms with E-state index in [1.54, 1.807) is 17.6 Å². The van der Waals surface area contributed by atoms with E-state index in [0.29, 0.717) is 16.9 Å². The van der Waals surface area contributed by atoms with Crippen molar-refractivity contribution in [2.24, 2.45) is 0 Å². The van der Waals surface area contributed by atoms with Crippen LogP contribution in [0.15, 0.2) is 65.0 Å². The highest BCUT2D eigenvalue weighted by atomic mass is 35.5. The minimum absolute atomic E-state index is 0.0374. The minimum Gasteiger partial charge on any atom is -0.489 e. The second-order valence-corrected chi connectivity index (χ2v) is 10.6. The van der Waals surface area contributed by atoms with Crippen molar-refractivity contribution in [3.05, 3.63) is 70.7 Å². The van der Waals surface area contributed by atoms with Crippen LogP contribution in [0.2, 0.25) is 5.02 Å². The molecule has 3 aromatic rings. The number of ether oxygens (including phenoxy) is 1. The molecule has 0 radical (unpaired) electrons. The number of nitrogens with zero attached hydrogens (tertiary/aromatic N) is 2. The topological polar surface area (TPSA) is 71.5 Å². The highest BCUT2D eigenvalue weighted by molar-refractivity contribution is 7.93. The Morgan fingerprint density at radius 3 is 2.74 bits per heavy atom. The molecule has 6 nitrogen and oxygen atoms in total. The molecular formula is C22H24ClN3O3S2. The summed E-state index contributed by atoms with van der Waals surface area (Å²) >= 11 is 7.58. The van der Waals surface area contributed by atoms with Gasteiger partial charge >= 0.3 is 0 Å². The van der Waals surface area contributed by atoms with Gasteiger partial charge in [-0.1, -0.05) is 41.9 Å². The lowest BCUT2D eigenvalue weighted by Crippen LogP contribution is -2.43. The summed E-state index contributed by atoms with van der Waals surface area (Å²) in [5, 5.41) is 2.29. The van der Waals surface area contributed by atoms with E-state index in [1.165, 1.54) is 29.0 Å². The Morgan fingerprint density at radius 1 is 1.26 bits per heavy atom. The number of hydrogen-bond acceptors (Lipinski definition) is 6. The van der Waals surface area contributed by atoms with E-state index in [0.717, 1.165) is 25.9 Å². The van der Waals surface area contributed by atoms with Gasteiger partial charge in [0, 0.05) is 30.7 Å². The molecule has 0 aliphatic carbocycles. The van der Waals surface area contributed by atoms with Gasteiger partial charge in [-0.15, -0.1) is 11.3 Å². The zero-order valence-electron chi connectivity index (χ0n) is 17.1. The van der Waals surface area contributed by atoms with Gasteiger partial charge in [0.15, 0.2) is 5.13 Å². The average molecular weight is 478 g/mol. The van der Waals surface area contributed by atoms with Gasteiger partial charge in [-0.3, -0.25) is 9.62 Å². The molecule has 4 rings (SSSR count). The third kappa shape index (κ3) is 5.57. The number of hydrogen-bond donors (Lipinski definition) is 1. The van der Waals surface area contributed by atoms with Gasteiger partial charge in [0.25, 0.3) is 10.0 Å². The lowest BCUT2D eigenvalue weighted by molar-refractivity contribution is 0.0586. The fraction of sp³-hybridized carbons (Fsp3) is 0.318. The van der Waals surface area contributed by atoms with E-state index in [-0.39, 0.29) is 16.0 Å². The largest absolute Gasteiger partial charge is 0.489 e. The van der Waals surface area contributed by atoms with Crippen molar-refractivity contribution in [1.29, 1.82) is 0 Å². The van der Waals surface area contributed by atoms with Crippen molar-refractivity contribution in [3.8, 4) is 5.75 Å². The molecule has 0 amide bonds. The number of likely N-dealkylation sites (tertiary alicyclic amines) is 1. The molecular weight excluding hydrogens is 454 g/mol. The van der Waals surface area contributed by atoms with Crippen LogP contribution >= 0.6 is 22.9 Å². The van der Waals surface area contributed by atoms with E-state index in [1.807, 2.05) is 6.07 Å². The number of anilines is 1. The summed E-state index contributed by atoms with van der Waals surface area (Å²) < 4.78 is 33.7. The zero-order chi connectivity index (χ0) is 21.8. The molecule has 1 saturated heterocycles. The monoisotopic (exact) mass is 477 g/mol. The number of aromatic nitrogens is 1. The summed E-state index contributed by atoms with van der Waals surface area (Å²) in [6.07, 6.45) is 3.35. The SMILES string of the molecule is C[C@@H]1C[C@H](Oc2ccc(S(=O)(=O)Nc3nccs3)cc2Cl)CCN1Cc1ccccc1. The molecule has 2 aromatic carbocycles. The maximum absolute atomic E-state index is 12.5. The normalized spacial score (nSPS) is 19.8. The fourth-order valence-corrected chi connectivity index (χ4v) is 5.81. The second kappa shape index (κ2) is 9.56. The van der Waals surface area contributed by atoms with Crippen molar-refractivity contribution in [3.63, 3.8) is 0 Å². The molecule has 1 N–H and O–H groups in total. The first-order valence-electron chi connectivity index (χ1n) is 10.1. The maximum Gasteiger partial charge on any atom is 0.263 e. The summed E-state index contributed by atoms with van der Waals surface area (Å²) in [7, 11) is -3.75. The Morgan fingerprint density at radius 2 is 2.06 bits per heavy atom. The summed E-state index contributed by atoms with van der Waals surface area (Å²) in [5.41, 5.74) is 1.31. The molecule has 164 valence electrons. The number of nitrogens with one attached hydrogen (secondary N) is 1. The molecule has 0 saturated carbocycles. The highest BCUT2D eigenvalue weighted by Crippen LogP contribution is 2.32. The number of sulfonamides is 1. The molecule has 0 bridgehead atoms. The lowest BCUT2D eigenvalue weighted by atomic mass is 9.99. The number of piperidine rings is 1. The predicted octanol–water partition coefficient (Wildman–Crippen LogP) is 5.03. The highest BCUT2D eigenvalue weighted by Gasteiger charge is 2.27. The molecule has 0 spiro atoms. The number of thiazole rings is 1. The Bertz CT molecular complexity index is 1110. The van der Waals surface area contributed by atoms with Crippen LogP contribution in [0.25, 0.3) is 0 Å². The van der Waals surface area contributed by atoms with Gasteiger partial charge < -0.3 is 4.74 Å².